The quantitative estimate of drug-likeness (QED) is 0.785. The Hall–Kier alpha value is -2.18. The number of hydrogen-bond acceptors (Lipinski definition) is 7. The highest BCUT2D eigenvalue weighted by Gasteiger charge is 2.21. The average molecular weight is 281 g/mol. The Bertz CT molecular complexity index is 459. The number of nitrogens with one attached hydrogen (secondary N) is 1. The lowest BCUT2D eigenvalue weighted by atomic mass is 10.0. The molecule has 0 aliphatic carbocycles. The molecule has 110 valence electrons. The van der Waals surface area contributed by atoms with E-state index in [0.717, 1.165) is 0 Å². The van der Waals surface area contributed by atoms with Gasteiger partial charge in [0.2, 0.25) is 0 Å². The minimum atomic E-state index is -0.559. The van der Waals surface area contributed by atoms with Gasteiger partial charge in [0.25, 0.3) is 0 Å². The third-order valence-corrected chi connectivity index (χ3v) is 2.57. The number of hydrogen-bond donors (Lipinski definition) is 1. The van der Waals surface area contributed by atoms with Crippen molar-refractivity contribution in [3.63, 3.8) is 0 Å². The highest BCUT2D eigenvalue weighted by Crippen LogP contribution is 2.12. The fourth-order valence-corrected chi connectivity index (χ4v) is 1.63. The minimum absolute atomic E-state index is 0.108. The molecule has 1 atom stereocenters. The molecule has 1 heterocycles. The van der Waals surface area contributed by atoms with E-state index in [2.05, 4.69) is 20.3 Å². The molecule has 0 aliphatic heterocycles. The van der Waals surface area contributed by atoms with Crippen molar-refractivity contribution in [3.05, 3.63) is 17.8 Å². The van der Waals surface area contributed by atoms with Crippen LogP contribution in [-0.2, 0) is 14.3 Å². The van der Waals surface area contributed by atoms with Gasteiger partial charge in [0, 0.05) is 0 Å². The van der Waals surface area contributed by atoms with Gasteiger partial charge in [-0.1, -0.05) is 13.8 Å². The molecule has 0 saturated heterocycles. The van der Waals surface area contributed by atoms with Gasteiger partial charge in [-0.3, -0.25) is 0 Å². The Morgan fingerprint density at radius 1 is 1.20 bits per heavy atom. The first kappa shape index (κ1) is 15.9. The first-order valence-corrected chi connectivity index (χ1v) is 6.24. The number of carbonyl (C=O) groups excluding carboxylic acids is 2. The maximum Gasteiger partial charge on any atom is 0.358 e. The standard InChI is InChI=1S/C13H19N3O4/c1-8(2)7-10(13(18)20-4)14-11-6-5-9(15-16-11)12(17)19-3/h5-6,8,10H,7H2,1-4H3,(H,14,16). The van der Waals surface area contributed by atoms with Crippen LogP contribution < -0.4 is 5.32 Å². The van der Waals surface area contributed by atoms with Gasteiger partial charge in [-0.15, -0.1) is 10.2 Å². The summed E-state index contributed by atoms with van der Waals surface area (Å²) in [6.07, 6.45) is 0.604. The third-order valence-electron chi connectivity index (χ3n) is 2.57. The van der Waals surface area contributed by atoms with E-state index in [1.807, 2.05) is 13.8 Å². The number of rotatable bonds is 6. The summed E-state index contributed by atoms with van der Waals surface area (Å²) in [6, 6.07) is 2.54. The van der Waals surface area contributed by atoms with Crippen LogP contribution in [0.3, 0.4) is 0 Å². The van der Waals surface area contributed by atoms with Gasteiger partial charge in [0.05, 0.1) is 14.2 Å². The SMILES string of the molecule is COC(=O)c1ccc(NC(CC(C)C)C(=O)OC)nn1. The number of nitrogens with zero attached hydrogens (tertiary/aromatic N) is 2. The zero-order chi connectivity index (χ0) is 15.1. The summed E-state index contributed by atoms with van der Waals surface area (Å²) in [6.45, 7) is 4.01. The summed E-state index contributed by atoms with van der Waals surface area (Å²) in [5, 5.41) is 10.5. The van der Waals surface area contributed by atoms with Crippen LogP contribution >= 0.6 is 0 Å². The molecule has 20 heavy (non-hydrogen) atoms. The molecule has 1 unspecified atom stereocenters. The van der Waals surface area contributed by atoms with Crippen LogP contribution in [0.25, 0.3) is 0 Å². The number of ether oxygens (including phenoxy) is 2. The normalized spacial score (nSPS) is 11.8. The van der Waals surface area contributed by atoms with E-state index >= 15 is 0 Å². The maximum atomic E-state index is 11.7. The van der Waals surface area contributed by atoms with Gasteiger partial charge in [-0.05, 0) is 24.5 Å². The number of aromatic nitrogens is 2. The zero-order valence-corrected chi connectivity index (χ0v) is 12.0. The summed E-state index contributed by atoms with van der Waals surface area (Å²) in [4.78, 5) is 22.9. The van der Waals surface area contributed by atoms with Crippen molar-refractivity contribution < 1.29 is 19.1 Å². The lowest BCUT2D eigenvalue weighted by Crippen LogP contribution is -2.32. The Balaban J connectivity index is 2.78. The Morgan fingerprint density at radius 3 is 2.35 bits per heavy atom. The Kier molecular flexibility index (Phi) is 5.89. The fraction of sp³-hybridized carbons (Fsp3) is 0.538. The molecule has 0 amide bonds. The molecule has 7 heteroatoms. The van der Waals surface area contributed by atoms with Crippen LogP contribution in [0.4, 0.5) is 5.82 Å². The largest absolute Gasteiger partial charge is 0.467 e. The van der Waals surface area contributed by atoms with Gasteiger partial charge < -0.3 is 14.8 Å². The summed E-state index contributed by atoms with van der Waals surface area (Å²) >= 11 is 0. The first-order valence-electron chi connectivity index (χ1n) is 6.24. The van der Waals surface area contributed by atoms with Crippen molar-refractivity contribution in [1.82, 2.24) is 10.2 Å². The van der Waals surface area contributed by atoms with E-state index in [-0.39, 0.29) is 11.7 Å². The molecule has 1 N–H and O–H groups in total. The van der Waals surface area contributed by atoms with Gasteiger partial charge in [0.15, 0.2) is 5.69 Å². The molecule has 0 radical (unpaired) electrons. The van der Waals surface area contributed by atoms with E-state index in [4.69, 9.17) is 4.74 Å². The Morgan fingerprint density at radius 2 is 1.90 bits per heavy atom. The number of methoxy groups -OCH3 is 2. The molecule has 1 aromatic rings. The number of carbonyl (C=O) groups is 2. The van der Waals surface area contributed by atoms with Crippen LogP contribution in [0.1, 0.15) is 30.8 Å². The van der Waals surface area contributed by atoms with Crippen LogP contribution in [0.5, 0.6) is 0 Å². The van der Waals surface area contributed by atoms with Crippen LogP contribution in [-0.4, -0.2) is 42.4 Å². The van der Waals surface area contributed by atoms with Gasteiger partial charge in [-0.25, -0.2) is 9.59 Å². The molecule has 0 fully saturated rings. The molecule has 7 nitrogen and oxygen atoms in total. The van der Waals surface area contributed by atoms with Crippen molar-refractivity contribution in [3.8, 4) is 0 Å². The molecule has 1 aromatic heterocycles. The predicted octanol–water partition coefficient (Wildman–Crippen LogP) is 1.26. The third kappa shape index (κ3) is 4.49. The molecule has 0 bridgehead atoms. The van der Waals surface area contributed by atoms with E-state index in [9.17, 15) is 9.59 Å². The summed E-state index contributed by atoms with van der Waals surface area (Å²) in [7, 11) is 2.61. The molecular weight excluding hydrogens is 262 g/mol. The molecule has 0 spiro atoms. The van der Waals surface area contributed by atoms with Crippen molar-refractivity contribution in [1.29, 1.82) is 0 Å². The second-order valence-corrected chi connectivity index (χ2v) is 4.65. The minimum Gasteiger partial charge on any atom is -0.467 e. The van der Waals surface area contributed by atoms with Crippen molar-refractivity contribution in [2.75, 3.05) is 19.5 Å². The van der Waals surface area contributed by atoms with Gasteiger partial charge in [0.1, 0.15) is 11.9 Å². The van der Waals surface area contributed by atoms with E-state index < -0.39 is 12.0 Å². The molecule has 0 aromatic carbocycles. The predicted molar refractivity (Wildman–Crippen MR) is 72.3 cm³/mol. The second kappa shape index (κ2) is 7.42. The molecule has 0 aliphatic rings. The molecular formula is C13H19N3O4. The van der Waals surface area contributed by atoms with Crippen molar-refractivity contribution in [2.24, 2.45) is 5.92 Å². The number of esters is 2. The fourth-order valence-electron chi connectivity index (χ4n) is 1.63. The maximum absolute atomic E-state index is 11.7. The zero-order valence-electron chi connectivity index (χ0n) is 12.0. The van der Waals surface area contributed by atoms with Gasteiger partial charge >= 0.3 is 11.9 Å². The monoisotopic (exact) mass is 281 g/mol. The Labute approximate surface area is 117 Å². The topological polar surface area (TPSA) is 90.4 Å². The van der Waals surface area contributed by atoms with Crippen LogP contribution in [0.15, 0.2) is 12.1 Å². The molecule has 0 saturated carbocycles. The van der Waals surface area contributed by atoms with Crippen molar-refractivity contribution >= 4 is 17.8 Å². The van der Waals surface area contributed by atoms with Crippen molar-refractivity contribution in [2.45, 2.75) is 26.3 Å². The summed E-state index contributed by atoms with van der Waals surface area (Å²) < 4.78 is 9.27. The van der Waals surface area contributed by atoms with Crippen LogP contribution in [0.2, 0.25) is 0 Å². The summed E-state index contributed by atoms with van der Waals surface area (Å²) in [5.74, 6) is -0.212. The lowest BCUT2D eigenvalue weighted by Gasteiger charge is -2.18. The van der Waals surface area contributed by atoms with E-state index in [1.165, 1.54) is 20.3 Å². The second-order valence-electron chi connectivity index (χ2n) is 4.65. The van der Waals surface area contributed by atoms with Crippen LogP contribution in [0, 0.1) is 5.92 Å². The lowest BCUT2D eigenvalue weighted by molar-refractivity contribution is -0.141. The first-order chi connectivity index (χ1) is 9.47. The van der Waals surface area contributed by atoms with Gasteiger partial charge in [-0.2, -0.15) is 0 Å². The smallest absolute Gasteiger partial charge is 0.358 e. The van der Waals surface area contributed by atoms with E-state index in [0.29, 0.717) is 18.2 Å². The highest BCUT2D eigenvalue weighted by molar-refractivity contribution is 5.87. The average Bonchev–Trinajstić information content (AvgIpc) is 2.45. The highest BCUT2D eigenvalue weighted by atomic mass is 16.5. The number of anilines is 1. The van der Waals surface area contributed by atoms with E-state index in [1.54, 1.807) is 6.07 Å². The summed E-state index contributed by atoms with van der Waals surface area (Å²) in [5.41, 5.74) is 0.108. The molecule has 1 rings (SSSR count).